The van der Waals surface area contributed by atoms with Crippen molar-refractivity contribution in [3.05, 3.63) is 35.4 Å². The number of carbonyl (C=O) groups excluding carboxylic acids is 1. The van der Waals surface area contributed by atoms with Crippen LogP contribution in [-0.4, -0.2) is 49.2 Å². The highest BCUT2D eigenvalue weighted by Gasteiger charge is 2.36. The van der Waals surface area contributed by atoms with Gasteiger partial charge in [0.1, 0.15) is 0 Å². The molecule has 4 nitrogen and oxygen atoms in total. The first-order valence-electron chi connectivity index (χ1n) is 13.0. The maximum atomic E-state index is 13.1. The summed E-state index contributed by atoms with van der Waals surface area (Å²) in [5.74, 6) is 0.877. The van der Waals surface area contributed by atoms with Crippen LogP contribution >= 0.6 is 0 Å². The van der Waals surface area contributed by atoms with E-state index < -0.39 is 11.7 Å². The molecule has 4 rings (SSSR count). The van der Waals surface area contributed by atoms with E-state index in [1.165, 1.54) is 18.6 Å². The standard InChI is InChI=1S/C24H33F3N2O2.C3H8/c1-16-15-31-12-9-22(16)28-21-6-5-19(14-21)23(30)29-10-7-17(8-11-29)18-3-2-4-20(13-18)24(25,26)27;1-3-2/h2-4,13,16-17,19,21-22,28H,5-12,14-15H2,1H3;3H2,1-2H3. The van der Waals surface area contributed by atoms with Crippen LogP contribution in [0.2, 0.25) is 0 Å². The third-order valence-electron chi connectivity index (χ3n) is 7.36. The Morgan fingerprint density at radius 2 is 1.82 bits per heavy atom. The molecule has 1 aliphatic carbocycles. The van der Waals surface area contributed by atoms with Gasteiger partial charge < -0.3 is 15.0 Å². The van der Waals surface area contributed by atoms with Gasteiger partial charge in [0.25, 0.3) is 0 Å². The molecule has 3 fully saturated rings. The molecule has 0 radical (unpaired) electrons. The van der Waals surface area contributed by atoms with Gasteiger partial charge in [-0.15, -0.1) is 0 Å². The van der Waals surface area contributed by atoms with E-state index in [9.17, 15) is 18.0 Å². The molecule has 4 atom stereocenters. The second-order valence-corrected chi connectivity index (χ2v) is 10.3. The fourth-order valence-corrected chi connectivity index (χ4v) is 5.45. The quantitative estimate of drug-likeness (QED) is 0.571. The molecule has 0 spiro atoms. The number of hydrogen-bond acceptors (Lipinski definition) is 3. The predicted octanol–water partition coefficient (Wildman–Crippen LogP) is 6.01. The van der Waals surface area contributed by atoms with Crippen LogP contribution in [0.5, 0.6) is 0 Å². The molecule has 1 saturated carbocycles. The number of rotatable bonds is 4. The number of nitrogens with one attached hydrogen (secondary N) is 1. The molecule has 192 valence electrons. The van der Waals surface area contributed by atoms with Crippen LogP contribution in [0.15, 0.2) is 24.3 Å². The van der Waals surface area contributed by atoms with E-state index in [2.05, 4.69) is 26.1 Å². The van der Waals surface area contributed by atoms with E-state index in [0.29, 0.717) is 31.1 Å². The van der Waals surface area contributed by atoms with Crippen LogP contribution in [0.25, 0.3) is 0 Å². The Balaban J connectivity index is 0.00000103. The number of halogens is 3. The lowest BCUT2D eigenvalue weighted by molar-refractivity contribution is -0.137. The summed E-state index contributed by atoms with van der Waals surface area (Å²) in [6.07, 6.45) is 2.24. The van der Waals surface area contributed by atoms with Gasteiger partial charge in [0.15, 0.2) is 0 Å². The smallest absolute Gasteiger partial charge is 0.381 e. The van der Waals surface area contributed by atoms with E-state index in [0.717, 1.165) is 63.4 Å². The second-order valence-electron chi connectivity index (χ2n) is 10.3. The van der Waals surface area contributed by atoms with Gasteiger partial charge in [0.05, 0.1) is 12.2 Å². The highest BCUT2D eigenvalue weighted by atomic mass is 19.4. The normalized spacial score (nSPS) is 28.4. The lowest BCUT2D eigenvalue weighted by Crippen LogP contribution is -2.46. The molecule has 34 heavy (non-hydrogen) atoms. The number of nitrogens with zero attached hydrogens (tertiary/aromatic N) is 1. The van der Waals surface area contributed by atoms with Crippen molar-refractivity contribution in [1.82, 2.24) is 10.2 Å². The van der Waals surface area contributed by atoms with Gasteiger partial charge in [0.2, 0.25) is 5.91 Å². The third-order valence-corrected chi connectivity index (χ3v) is 7.36. The Morgan fingerprint density at radius 1 is 1.12 bits per heavy atom. The van der Waals surface area contributed by atoms with Gasteiger partial charge in [-0.05, 0) is 62.0 Å². The second kappa shape index (κ2) is 12.4. The summed E-state index contributed by atoms with van der Waals surface area (Å²) in [4.78, 5) is 15.0. The zero-order valence-electron chi connectivity index (χ0n) is 20.9. The Morgan fingerprint density at radius 3 is 2.47 bits per heavy atom. The summed E-state index contributed by atoms with van der Waals surface area (Å²) in [7, 11) is 0. The molecule has 0 bridgehead atoms. The molecule has 7 heteroatoms. The Bertz CT molecular complexity index is 777. The van der Waals surface area contributed by atoms with Crippen LogP contribution in [0, 0.1) is 11.8 Å². The minimum Gasteiger partial charge on any atom is -0.381 e. The van der Waals surface area contributed by atoms with Gasteiger partial charge in [0, 0.05) is 37.7 Å². The first-order valence-corrected chi connectivity index (χ1v) is 13.0. The SMILES string of the molecule is CC1COCCC1NC1CCC(C(=O)N2CCC(c3cccc(C(F)(F)F)c3)CC2)C1.CCC. The summed E-state index contributed by atoms with van der Waals surface area (Å²) < 4.78 is 44.6. The molecule has 1 amide bonds. The Hall–Kier alpha value is -1.60. The molecule has 3 aliphatic rings. The number of ether oxygens (including phenoxy) is 1. The minimum absolute atomic E-state index is 0.0674. The largest absolute Gasteiger partial charge is 0.416 e. The predicted molar refractivity (Wildman–Crippen MR) is 129 cm³/mol. The van der Waals surface area contributed by atoms with Crippen molar-refractivity contribution in [2.75, 3.05) is 26.3 Å². The van der Waals surface area contributed by atoms with E-state index >= 15 is 0 Å². The van der Waals surface area contributed by atoms with E-state index in [-0.39, 0.29) is 17.7 Å². The number of carbonyl (C=O) groups is 1. The number of benzene rings is 1. The number of hydrogen-bond donors (Lipinski definition) is 1. The van der Waals surface area contributed by atoms with Crippen LogP contribution in [0.3, 0.4) is 0 Å². The number of piperidine rings is 1. The average molecular weight is 483 g/mol. The maximum Gasteiger partial charge on any atom is 0.416 e. The molecule has 2 aliphatic heterocycles. The summed E-state index contributed by atoms with van der Waals surface area (Å²) in [6.45, 7) is 9.32. The van der Waals surface area contributed by atoms with Crippen molar-refractivity contribution in [2.24, 2.45) is 11.8 Å². The maximum absolute atomic E-state index is 13.1. The van der Waals surface area contributed by atoms with E-state index in [1.54, 1.807) is 6.07 Å². The van der Waals surface area contributed by atoms with Crippen LogP contribution in [0.4, 0.5) is 13.2 Å². The fourth-order valence-electron chi connectivity index (χ4n) is 5.45. The van der Waals surface area contributed by atoms with Crippen molar-refractivity contribution in [2.45, 2.75) is 89.9 Å². The van der Waals surface area contributed by atoms with Gasteiger partial charge in [-0.25, -0.2) is 0 Å². The van der Waals surface area contributed by atoms with Crippen LogP contribution in [-0.2, 0) is 15.7 Å². The van der Waals surface area contributed by atoms with Gasteiger partial charge >= 0.3 is 6.18 Å². The van der Waals surface area contributed by atoms with Crippen molar-refractivity contribution in [1.29, 1.82) is 0 Å². The highest BCUT2D eigenvalue weighted by Crippen LogP contribution is 2.35. The molecule has 1 aromatic rings. The molecule has 1 N–H and O–H groups in total. The zero-order chi connectivity index (χ0) is 24.7. The van der Waals surface area contributed by atoms with Crippen LogP contribution in [0.1, 0.15) is 82.8 Å². The first-order chi connectivity index (χ1) is 16.2. The Labute approximate surface area is 202 Å². The number of amides is 1. The van der Waals surface area contributed by atoms with Crippen molar-refractivity contribution >= 4 is 5.91 Å². The number of likely N-dealkylation sites (tertiary alicyclic amines) is 1. The number of alkyl halides is 3. The summed E-state index contributed by atoms with van der Waals surface area (Å²) in [5.41, 5.74) is 0.143. The molecule has 4 unspecified atom stereocenters. The van der Waals surface area contributed by atoms with Crippen molar-refractivity contribution in [3.8, 4) is 0 Å². The van der Waals surface area contributed by atoms with Gasteiger partial charge in [-0.2, -0.15) is 13.2 Å². The summed E-state index contributed by atoms with van der Waals surface area (Å²) in [5, 5.41) is 3.76. The average Bonchev–Trinajstić information content (AvgIpc) is 3.29. The first kappa shape index (κ1) is 27.0. The van der Waals surface area contributed by atoms with E-state index in [4.69, 9.17) is 4.74 Å². The zero-order valence-corrected chi connectivity index (χ0v) is 20.9. The summed E-state index contributed by atoms with van der Waals surface area (Å²) >= 11 is 0. The Kier molecular flexibility index (Phi) is 9.84. The van der Waals surface area contributed by atoms with Crippen molar-refractivity contribution in [3.63, 3.8) is 0 Å². The molecular weight excluding hydrogens is 441 g/mol. The van der Waals surface area contributed by atoms with Gasteiger partial charge in [-0.3, -0.25) is 4.79 Å². The molecule has 2 saturated heterocycles. The third kappa shape index (κ3) is 7.20. The molecule has 1 aromatic carbocycles. The lowest BCUT2D eigenvalue weighted by Gasteiger charge is -2.34. The topological polar surface area (TPSA) is 41.6 Å². The van der Waals surface area contributed by atoms with Gasteiger partial charge in [-0.1, -0.05) is 45.4 Å². The molecule has 0 aromatic heterocycles. The van der Waals surface area contributed by atoms with Crippen molar-refractivity contribution < 1.29 is 22.7 Å². The van der Waals surface area contributed by atoms with E-state index in [1.807, 2.05) is 4.90 Å². The van der Waals surface area contributed by atoms with Crippen LogP contribution < -0.4 is 5.32 Å². The molecule has 2 heterocycles. The lowest BCUT2D eigenvalue weighted by atomic mass is 9.88. The highest BCUT2D eigenvalue weighted by molar-refractivity contribution is 5.79. The summed E-state index contributed by atoms with van der Waals surface area (Å²) in [6, 6.07) is 6.52. The minimum atomic E-state index is -4.32. The fraction of sp³-hybridized carbons (Fsp3) is 0.741. The monoisotopic (exact) mass is 482 g/mol. The molecular formula is C27H41F3N2O2.